The zero-order chi connectivity index (χ0) is 14.3. The van der Waals surface area contributed by atoms with Crippen molar-refractivity contribution in [3.05, 3.63) is 58.3 Å². The SMILES string of the molecule is c1ccc(C(NCC2CCCCCC2)c2cccs2)cc1. The Morgan fingerprint density at radius 1 is 0.952 bits per heavy atom. The number of nitrogens with one attached hydrogen (secondary N) is 1. The fourth-order valence-corrected chi connectivity index (χ4v) is 4.16. The van der Waals surface area contributed by atoms with E-state index in [0.29, 0.717) is 6.04 Å². The second kappa shape index (κ2) is 7.77. The monoisotopic (exact) mass is 299 g/mol. The third kappa shape index (κ3) is 4.18. The highest BCUT2D eigenvalue weighted by Gasteiger charge is 2.18. The van der Waals surface area contributed by atoms with E-state index in [1.54, 1.807) is 0 Å². The number of hydrogen-bond acceptors (Lipinski definition) is 2. The van der Waals surface area contributed by atoms with Gasteiger partial charge in [0.15, 0.2) is 0 Å². The first kappa shape index (κ1) is 14.8. The Bertz CT molecular complexity index is 498. The standard InChI is InChI=1S/C19H25NS/c1-2-5-10-16(9-4-1)15-20-19(18-13-8-14-21-18)17-11-6-3-7-12-17/h3,6-8,11-14,16,19-20H,1-2,4-5,9-10,15H2. The molecule has 1 N–H and O–H groups in total. The highest BCUT2D eigenvalue weighted by molar-refractivity contribution is 7.10. The summed E-state index contributed by atoms with van der Waals surface area (Å²) < 4.78 is 0. The molecule has 1 aromatic heterocycles. The molecule has 1 atom stereocenters. The van der Waals surface area contributed by atoms with Gasteiger partial charge in [0, 0.05) is 4.88 Å². The van der Waals surface area contributed by atoms with Gasteiger partial charge < -0.3 is 5.32 Å². The molecule has 1 nitrogen and oxygen atoms in total. The van der Waals surface area contributed by atoms with Crippen molar-refractivity contribution < 1.29 is 0 Å². The maximum Gasteiger partial charge on any atom is 0.0671 e. The maximum absolute atomic E-state index is 3.85. The molecule has 1 unspecified atom stereocenters. The zero-order valence-electron chi connectivity index (χ0n) is 12.6. The summed E-state index contributed by atoms with van der Waals surface area (Å²) in [6.07, 6.45) is 8.51. The highest BCUT2D eigenvalue weighted by atomic mass is 32.1. The zero-order valence-corrected chi connectivity index (χ0v) is 13.4. The van der Waals surface area contributed by atoms with Gasteiger partial charge in [0.2, 0.25) is 0 Å². The molecular weight excluding hydrogens is 274 g/mol. The van der Waals surface area contributed by atoms with Crippen LogP contribution in [0.4, 0.5) is 0 Å². The lowest BCUT2D eigenvalue weighted by molar-refractivity contribution is 0.411. The molecule has 1 aromatic carbocycles. The normalized spacial score (nSPS) is 18.3. The van der Waals surface area contributed by atoms with Crippen LogP contribution in [0.3, 0.4) is 0 Å². The maximum atomic E-state index is 3.85. The van der Waals surface area contributed by atoms with Gasteiger partial charge >= 0.3 is 0 Å². The molecule has 1 aliphatic carbocycles. The molecule has 0 amide bonds. The molecule has 1 saturated carbocycles. The summed E-state index contributed by atoms with van der Waals surface area (Å²) in [6.45, 7) is 1.15. The predicted molar refractivity (Wildman–Crippen MR) is 91.8 cm³/mol. The van der Waals surface area contributed by atoms with Crippen molar-refractivity contribution in [3.8, 4) is 0 Å². The first-order valence-electron chi connectivity index (χ1n) is 8.25. The summed E-state index contributed by atoms with van der Waals surface area (Å²) in [5.41, 5.74) is 1.38. The van der Waals surface area contributed by atoms with E-state index in [-0.39, 0.29) is 0 Å². The van der Waals surface area contributed by atoms with Crippen molar-refractivity contribution >= 4 is 11.3 Å². The molecule has 0 spiro atoms. The fraction of sp³-hybridized carbons (Fsp3) is 0.474. The van der Waals surface area contributed by atoms with Crippen LogP contribution >= 0.6 is 11.3 Å². The van der Waals surface area contributed by atoms with Crippen LogP contribution in [0, 0.1) is 5.92 Å². The first-order valence-corrected chi connectivity index (χ1v) is 9.13. The minimum Gasteiger partial charge on any atom is -0.305 e. The van der Waals surface area contributed by atoms with E-state index in [0.717, 1.165) is 12.5 Å². The summed E-state index contributed by atoms with van der Waals surface area (Å²) in [6, 6.07) is 15.6. The lowest BCUT2D eigenvalue weighted by Gasteiger charge is -2.22. The fourth-order valence-electron chi connectivity index (χ4n) is 3.34. The number of hydrogen-bond donors (Lipinski definition) is 1. The third-order valence-electron chi connectivity index (χ3n) is 4.55. The van der Waals surface area contributed by atoms with E-state index in [9.17, 15) is 0 Å². The summed E-state index contributed by atoms with van der Waals surface area (Å²) in [4.78, 5) is 1.43. The molecule has 112 valence electrons. The minimum absolute atomic E-state index is 0.356. The third-order valence-corrected chi connectivity index (χ3v) is 5.48. The van der Waals surface area contributed by atoms with E-state index in [1.165, 1.54) is 49.0 Å². The molecule has 1 aliphatic rings. The van der Waals surface area contributed by atoms with Crippen LogP contribution in [0.2, 0.25) is 0 Å². The average Bonchev–Trinajstić information content (AvgIpc) is 2.92. The average molecular weight is 299 g/mol. The highest BCUT2D eigenvalue weighted by Crippen LogP contribution is 2.28. The van der Waals surface area contributed by atoms with Crippen molar-refractivity contribution in [3.63, 3.8) is 0 Å². The van der Waals surface area contributed by atoms with Gasteiger partial charge in [-0.1, -0.05) is 62.1 Å². The van der Waals surface area contributed by atoms with Gasteiger partial charge in [-0.25, -0.2) is 0 Å². The number of rotatable bonds is 5. The minimum atomic E-state index is 0.356. The van der Waals surface area contributed by atoms with Crippen LogP contribution in [0.25, 0.3) is 0 Å². The van der Waals surface area contributed by atoms with Gasteiger partial charge in [-0.3, -0.25) is 0 Å². The molecule has 2 heteroatoms. The van der Waals surface area contributed by atoms with Crippen molar-refractivity contribution in [2.24, 2.45) is 5.92 Å². The Morgan fingerprint density at radius 2 is 1.71 bits per heavy atom. The van der Waals surface area contributed by atoms with Gasteiger partial charge in [-0.2, -0.15) is 0 Å². The van der Waals surface area contributed by atoms with Gasteiger partial charge in [0.1, 0.15) is 0 Å². The van der Waals surface area contributed by atoms with Gasteiger partial charge in [0.25, 0.3) is 0 Å². The van der Waals surface area contributed by atoms with Gasteiger partial charge in [-0.05, 0) is 42.3 Å². The second-order valence-corrected chi connectivity index (χ2v) is 7.10. The molecule has 0 radical (unpaired) electrons. The topological polar surface area (TPSA) is 12.0 Å². The predicted octanol–water partition coefficient (Wildman–Crippen LogP) is 5.40. The molecule has 1 heterocycles. The molecule has 3 rings (SSSR count). The molecule has 0 saturated heterocycles. The molecule has 2 aromatic rings. The van der Waals surface area contributed by atoms with Crippen LogP contribution in [-0.2, 0) is 0 Å². The largest absolute Gasteiger partial charge is 0.305 e. The molecule has 0 aliphatic heterocycles. The number of benzene rings is 1. The Balaban J connectivity index is 1.68. The Hall–Kier alpha value is -1.12. The smallest absolute Gasteiger partial charge is 0.0671 e. The van der Waals surface area contributed by atoms with Crippen molar-refractivity contribution in [1.29, 1.82) is 0 Å². The molecular formula is C19H25NS. The molecule has 21 heavy (non-hydrogen) atoms. The number of thiophene rings is 1. The van der Waals surface area contributed by atoms with Crippen molar-refractivity contribution in [2.45, 2.75) is 44.6 Å². The lowest BCUT2D eigenvalue weighted by atomic mass is 9.98. The molecule has 0 bridgehead atoms. The van der Waals surface area contributed by atoms with E-state index in [2.05, 4.69) is 53.2 Å². The Labute approximate surface area is 132 Å². The first-order chi connectivity index (χ1) is 10.4. The quantitative estimate of drug-likeness (QED) is 0.729. The van der Waals surface area contributed by atoms with Crippen LogP contribution in [0.5, 0.6) is 0 Å². The van der Waals surface area contributed by atoms with E-state index in [4.69, 9.17) is 0 Å². The summed E-state index contributed by atoms with van der Waals surface area (Å²) in [7, 11) is 0. The summed E-state index contributed by atoms with van der Waals surface area (Å²) in [5, 5.41) is 6.03. The molecule has 1 fully saturated rings. The van der Waals surface area contributed by atoms with Crippen molar-refractivity contribution in [1.82, 2.24) is 5.32 Å². The van der Waals surface area contributed by atoms with Gasteiger partial charge in [0.05, 0.1) is 6.04 Å². The van der Waals surface area contributed by atoms with E-state index < -0.39 is 0 Å². The van der Waals surface area contributed by atoms with Crippen LogP contribution in [-0.4, -0.2) is 6.54 Å². The van der Waals surface area contributed by atoms with Crippen LogP contribution in [0.15, 0.2) is 47.8 Å². The Morgan fingerprint density at radius 3 is 2.38 bits per heavy atom. The lowest BCUT2D eigenvalue weighted by Crippen LogP contribution is -2.27. The van der Waals surface area contributed by atoms with E-state index in [1.807, 2.05) is 11.3 Å². The van der Waals surface area contributed by atoms with Crippen LogP contribution < -0.4 is 5.32 Å². The Kier molecular flexibility index (Phi) is 5.47. The second-order valence-electron chi connectivity index (χ2n) is 6.12. The van der Waals surface area contributed by atoms with Crippen LogP contribution in [0.1, 0.15) is 55.0 Å². The summed E-state index contributed by atoms with van der Waals surface area (Å²) in [5.74, 6) is 0.860. The van der Waals surface area contributed by atoms with Crippen molar-refractivity contribution in [2.75, 3.05) is 6.54 Å². The van der Waals surface area contributed by atoms with Gasteiger partial charge in [-0.15, -0.1) is 11.3 Å². The van der Waals surface area contributed by atoms with E-state index >= 15 is 0 Å². The summed E-state index contributed by atoms with van der Waals surface area (Å²) >= 11 is 1.85.